The SMILES string of the molecule is COC(=O)Nc1ccc2c(c1)NC(=O)[C@H](C)CCCC(C(=O)N1CCC[C@@]3(C1)OC(=O)Nc1ccc(Cl)c(F)c13)c1nc-2c(C)[nH]1. The van der Waals surface area contributed by atoms with Gasteiger partial charge in [0.15, 0.2) is 11.4 Å². The molecule has 0 aliphatic carbocycles. The van der Waals surface area contributed by atoms with E-state index in [1.165, 1.54) is 19.2 Å². The number of aromatic amines is 1. The van der Waals surface area contributed by atoms with Crippen molar-refractivity contribution in [2.45, 2.75) is 57.5 Å². The van der Waals surface area contributed by atoms with Crippen LogP contribution < -0.4 is 16.0 Å². The Morgan fingerprint density at radius 3 is 2.74 bits per heavy atom. The quantitative estimate of drug-likeness (QED) is 0.254. The molecular formula is C32H34ClFN6O6. The smallest absolute Gasteiger partial charge is 0.412 e. The van der Waals surface area contributed by atoms with Crippen LogP contribution in [0.2, 0.25) is 5.02 Å². The number of ether oxygens (including phenoxy) is 2. The number of hydrogen-bond donors (Lipinski definition) is 4. The second-order valence-corrected chi connectivity index (χ2v) is 12.4. The Kier molecular flexibility index (Phi) is 8.36. The summed E-state index contributed by atoms with van der Waals surface area (Å²) < 4.78 is 25.9. The van der Waals surface area contributed by atoms with Gasteiger partial charge in [-0.05, 0) is 62.9 Å². The van der Waals surface area contributed by atoms with Gasteiger partial charge >= 0.3 is 12.2 Å². The first kappa shape index (κ1) is 31.3. The number of nitrogens with zero attached hydrogens (tertiary/aromatic N) is 2. The van der Waals surface area contributed by atoms with Crippen molar-refractivity contribution in [3.63, 3.8) is 0 Å². The zero-order chi connectivity index (χ0) is 32.7. The van der Waals surface area contributed by atoms with Crippen LogP contribution >= 0.6 is 11.6 Å². The minimum atomic E-state index is -1.41. The maximum Gasteiger partial charge on any atom is 0.412 e. The van der Waals surface area contributed by atoms with E-state index in [9.17, 15) is 19.2 Å². The lowest BCUT2D eigenvalue weighted by Gasteiger charge is -2.45. The van der Waals surface area contributed by atoms with Crippen LogP contribution in [0, 0.1) is 18.7 Å². The fraction of sp³-hybridized carbons (Fsp3) is 0.406. The van der Waals surface area contributed by atoms with Crippen molar-refractivity contribution in [2.24, 2.45) is 5.92 Å². The third-order valence-electron chi connectivity index (χ3n) is 8.91. The van der Waals surface area contributed by atoms with Gasteiger partial charge < -0.3 is 24.7 Å². The van der Waals surface area contributed by atoms with Gasteiger partial charge in [-0.2, -0.15) is 0 Å². The van der Waals surface area contributed by atoms with Gasteiger partial charge in [-0.15, -0.1) is 0 Å². The van der Waals surface area contributed by atoms with Crippen LogP contribution in [-0.2, 0) is 24.7 Å². The number of carbonyl (C=O) groups excluding carboxylic acids is 4. The molecule has 2 aromatic carbocycles. The summed E-state index contributed by atoms with van der Waals surface area (Å²) >= 11 is 6.14. The molecule has 242 valence electrons. The molecule has 3 atom stereocenters. The zero-order valence-electron chi connectivity index (χ0n) is 25.6. The first-order valence-corrected chi connectivity index (χ1v) is 15.5. The van der Waals surface area contributed by atoms with E-state index in [-0.39, 0.29) is 40.6 Å². The van der Waals surface area contributed by atoms with E-state index in [4.69, 9.17) is 26.1 Å². The van der Waals surface area contributed by atoms with Crippen molar-refractivity contribution in [2.75, 3.05) is 36.1 Å². The van der Waals surface area contributed by atoms with Crippen LogP contribution in [-0.4, -0.2) is 59.1 Å². The third kappa shape index (κ3) is 5.75. The number of imidazole rings is 1. The fourth-order valence-electron chi connectivity index (χ4n) is 6.59. The van der Waals surface area contributed by atoms with Gasteiger partial charge in [0, 0.05) is 29.4 Å². The average Bonchev–Trinajstić information content (AvgIpc) is 3.40. The summed E-state index contributed by atoms with van der Waals surface area (Å²) in [6, 6.07) is 7.95. The Morgan fingerprint density at radius 1 is 1.15 bits per heavy atom. The van der Waals surface area contributed by atoms with E-state index < -0.39 is 29.5 Å². The van der Waals surface area contributed by atoms with E-state index >= 15 is 4.39 Å². The molecule has 2 bridgehead atoms. The number of aromatic nitrogens is 2. The highest BCUT2D eigenvalue weighted by Gasteiger charge is 2.49. The molecule has 12 nitrogen and oxygen atoms in total. The Balaban J connectivity index is 1.36. The lowest BCUT2D eigenvalue weighted by atomic mass is 9.82. The molecule has 1 saturated heterocycles. The topological polar surface area (TPSA) is 155 Å². The molecule has 46 heavy (non-hydrogen) atoms. The molecular weight excluding hydrogens is 619 g/mol. The number of methoxy groups -OCH3 is 1. The molecule has 6 rings (SSSR count). The summed E-state index contributed by atoms with van der Waals surface area (Å²) in [6.45, 7) is 3.98. The molecule has 1 aromatic heterocycles. The van der Waals surface area contributed by atoms with E-state index in [2.05, 4.69) is 20.9 Å². The third-order valence-corrected chi connectivity index (χ3v) is 9.21. The van der Waals surface area contributed by atoms with E-state index in [1.807, 2.05) is 13.8 Å². The number of likely N-dealkylation sites (tertiary alicyclic amines) is 1. The largest absolute Gasteiger partial charge is 0.453 e. The minimum absolute atomic E-state index is 0.0514. The maximum atomic E-state index is 15.5. The number of hydrogen-bond acceptors (Lipinski definition) is 7. The molecule has 4 N–H and O–H groups in total. The summed E-state index contributed by atoms with van der Waals surface area (Å²) in [5.74, 6) is -1.78. The van der Waals surface area contributed by atoms with Crippen molar-refractivity contribution >= 4 is 52.7 Å². The predicted octanol–water partition coefficient (Wildman–Crippen LogP) is 6.28. The van der Waals surface area contributed by atoms with Crippen LogP contribution in [0.15, 0.2) is 30.3 Å². The number of piperidine rings is 1. The Labute approximate surface area is 269 Å². The van der Waals surface area contributed by atoms with Gasteiger partial charge in [0.1, 0.15) is 5.82 Å². The number of carbonyl (C=O) groups is 4. The van der Waals surface area contributed by atoms with Crippen LogP contribution in [0.3, 0.4) is 0 Å². The second-order valence-electron chi connectivity index (χ2n) is 12.0. The van der Waals surface area contributed by atoms with Crippen molar-refractivity contribution in [3.8, 4) is 11.3 Å². The van der Waals surface area contributed by atoms with Crippen LogP contribution in [0.4, 0.5) is 31.0 Å². The molecule has 4 heterocycles. The Bertz CT molecular complexity index is 1750. The summed E-state index contributed by atoms with van der Waals surface area (Å²) in [6.07, 6.45) is 0.853. The first-order chi connectivity index (χ1) is 22.0. The molecule has 0 radical (unpaired) electrons. The molecule has 3 aliphatic heterocycles. The number of amides is 4. The normalized spacial score (nSPS) is 22.7. The van der Waals surface area contributed by atoms with Gasteiger partial charge in [0.05, 0.1) is 47.2 Å². The number of fused-ring (bicyclic) bond motifs is 6. The number of benzene rings is 2. The first-order valence-electron chi connectivity index (χ1n) is 15.1. The van der Waals surface area contributed by atoms with Gasteiger partial charge in [0.25, 0.3) is 0 Å². The molecule has 0 saturated carbocycles. The number of anilines is 3. The molecule has 3 aliphatic rings. The highest BCUT2D eigenvalue weighted by Crippen LogP contribution is 2.46. The maximum absolute atomic E-state index is 15.5. The molecule has 3 aromatic rings. The van der Waals surface area contributed by atoms with Crippen LogP contribution in [0.5, 0.6) is 0 Å². The minimum Gasteiger partial charge on any atom is -0.453 e. The lowest BCUT2D eigenvalue weighted by Crippen LogP contribution is -2.54. The fourth-order valence-corrected chi connectivity index (χ4v) is 6.74. The molecule has 1 spiro atoms. The highest BCUT2D eigenvalue weighted by atomic mass is 35.5. The van der Waals surface area contributed by atoms with E-state index in [1.54, 1.807) is 23.1 Å². The van der Waals surface area contributed by atoms with Crippen molar-refractivity contribution in [3.05, 3.63) is 58.3 Å². The number of aryl methyl sites for hydroxylation is 1. The number of H-pyrrole nitrogens is 1. The van der Waals surface area contributed by atoms with E-state index in [0.29, 0.717) is 72.8 Å². The zero-order valence-corrected chi connectivity index (χ0v) is 26.3. The molecule has 1 unspecified atom stereocenters. The van der Waals surface area contributed by atoms with Gasteiger partial charge in [-0.25, -0.2) is 19.0 Å². The van der Waals surface area contributed by atoms with Crippen molar-refractivity contribution in [1.29, 1.82) is 0 Å². The number of halogens is 2. The van der Waals surface area contributed by atoms with Gasteiger partial charge in [-0.1, -0.05) is 24.9 Å². The van der Waals surface area contributed by atoms with Crippen LogP contribution in [0.1, 0.15) is 62.0 Å². The molecule has 4 amide bonds. The summed E-state index contributed by atoms with van der Waals surface area (Å²) in [7, 11) is 1.26. The Morgan fingerprint density at radius 2 is 1.96 bits per heavy atom. The summed E-state index contributed by atoms with van der Waals surface area (Å²) in [5, 5.41) is 8.03. The number of rotatable bonds is 2. The van der Waals surface area contributed by atoms with Crippen molar-refractivity contribution < 1.29 is 33.0 Å². The van der Waals surface area contributed by atoms with Crippen molar-refractivity contribution in [1.82, 2.24) is 14.9 Å². The van der Waals surface area contributed by atoms with E-state index in [0.717, 1.165) is 0 Å². The standard InChI is InChI=1S/C32H34ClFN6O6/c1-16-6-4-7-20(27-35-17(2)26(39-27)19-9-8-18(36-30(43)45-3)14-23(19)37-28(16)41)29(42)40-13-5-12-32(15-40)24-22(38-31(44)46-32)11-10-21(33)25(24)34/h8-11,14,16,20H,4-7,12-13,15H2,1-3H3,(H,35,39)(H,36,43)(H,37,41)(H,38,44)/t16-,20?,32+/m1/s1. The highest BCUT2D eigenvalue weighted by molar-refractivity contribution is 6.31. The average molecular weight is 653 g/mol. The summed E-state index contributed by atoms with van der Waals surface area (Å²) in [5.41, 5.74) is 1.67. The molecule has 14 heteroatoms. The van der Waals surface area contributed by atoms with Crippen LogP contribution in [0.25, 0.3) is 11.3 Å². The predicted molar refractivity (Wildman–Crippen MR) is 168 cm³/mol. The second kappa shape index (κ2) is 12.3. The number of nitrogens with one attached hydrogen (secondary N) is 4. The monoisotopic (exact) mass is 652 g/mol. The summed E-state index contributed by atoms with van der Waals surface area (Å²) in [4.78, 5) is 61.8. The van der Waals surface area contributed by atoms with Gasteiger partial charge in [-0.3, -0.25) is 20.2 Å². The van der Waals surface area contributed by atoms with Gasteiger partial charge in [0.2, 0.25) is 11.8 Å². The lowest BCUT2D eigenvalue weighted by molar-refractivity contribution is -0.141. The molecule has 1 fully saturated rings. The Hall–Kier alpha value is -4.65.